The molecule has 0 radical (unpaired) electrons. The molecule has 0 aliphatic carbocycles. The lowest BCUT2D eigenvalue weighted by Crippen LogP contribution is -2.44. The standard InChI is InChI=1S/C11H16N6/c1-17(8-3-2-4-12-5-8)11-9-6-13-7-14-10(9)15-16-11/h6-8,12H,2-5H2,1H3,(H,13,14,15,16). The molecule has 6 nitrogen and oxygen atoms in total. The molecule has 1 atom stereocenters. The zero-order valence-corrected chi connectivity index (χ0v) is 9.85. The Morgan fingerprint density at radius 1 is 1.47 bits per heavy atom. The summed E-state index contributed by atoms with van der Waals surface area (Å²) in [7, 11) is 2.08. The van der Waals surface area contributed by atoms with E-state index in [9.17, 15) is 0 Å². The van der Waals surface area contributed by atoms with E-state index in [1.54, 1.807) is 0 Å². The summed E-state index contributed by atoms with van der Waals surface area (Å²) in [6.07, 6.45) is 5.76. The summed E-state index contributed by atoms with van der Waals surface area (Å²) in [4.78, 5) is 10.4. The lowest BCUT2D eigenvalue weighted by atomic mass is 10.1. The van der Waals surface area contributed by atoms with Crippen LogP contribution in [0.5, 0.6) is 0 Å². The van der Waals surface area contributed by atoms with Crippen molar-refractivity contribution in [1.29, 1.82) is 0 Å². The number of fused-ring (bicyclic) bond motifs is 1. The minimum absolute atomic E-state index is 0.496. The molecular formula is C11H16N6. The molecular weight excluding hydrogens is 216 g/mol. The summed E-state index contributed by atoms with van der Waals surface area (Å²) < 4.78 is 0. The zero-order chi connectivity index (χ0) is 11.7. The molecule has 1 aliphatic heterocycles. The lowest BCUT2D eigenvalue weighted by molar-refractivity contribution is 0.443. The molecule has 2 aromatic rings. The SMILES string of the molecule is CN(c1n[nH]c2ncncc12)C1CCCNC1. The van der Waals surface area contributed by atoms with E-state index in [1.807, 2.05) is 6.20 Å². The monoisotopic (exact) mass is 232 g/mol. The quantitative estimate of drug-likeness (QED) is 0.791. The average Bonchev–Trinajstić information content (AvgIpc) is 2.83. The minimum atomic E-state index is 0.496. The first-order valence-electron chi connectivity index (χ1n) is 5.94. The molecule has 1 unspecified atom stereocenters. The van der Waals surface area contributed by atoms with Crippen molar-refractivity contribution in [1.82, 2.24) is 25.5 Å². The van der Waals surface area contributed by atoms with Crippen LogP contribution in [0.3, 0.4) is 0 Å². The number of aromatic amines is 1. The van der Waals surface area contributed by atoms with E-state index < -0.39 is 0 Å². The molecule has 17 heavy (non-hydrogen) atoms. The molecule has 90 valence electrons. The number of nitrogens with one attached hydrogen (secondary N) is 2. The average molecular weight is 232 g/mol. The van der Waals surface area contributed by atoms with Crippen molar-refractivity contribution in [2.45, 2.75) is 18.9 Å². The van der Waals surface area contributed by atoms with Crippen LogP contribution < -0.4 is 10.2 Å². The Bertz CT molecular complexity index is 501. The van der Waals surface area contributed by atoms with Gasteiger partial charge >= 0.3 is 0 Å². The van der Waals surface area contributed by atoms with Gasteiger partial charge in [0.05, 0.1) is 5.39 Å². The minimum Gasteiger partial charge on any atom is -0.353 e. The molecule has 0 amide bonds. The van der Waals surface area contributed by atoms with Gasteiger partial charge < -0.3 is 10.2 Å². The van der Waals surface area contributed by atoms with Crippen molar-refractivity contribution in [3.63, 3.8) is 0 Å². The van der Waals surface area contributed by atoms with Crippen molar-refractivity contribution >= 4 is 16.9 Å². The summed E-state index contributed by atoms with van der Waals surface area (Å²) in [5, 5.41) is 11.7. The van der Waals surface area contributed by atoms with Crippen LogP contribution in [0.4, 0.5) is 5.82 Å². The third kappa shape index (κ3) is 1.84. The highest BCUT2D eigenvalue weighted by atomic mass is 15.3. The van der Waals surface area contributed by atoms with Crippen molar-refractivity contribution in [2.75, 3.05) is 25.0 Å². The van der Waals surface area contributed by atoms with Crippen LogP contribution >= 0.6 is 0 Å². The van der Waals surface area contributed by atoms with Crippen molar-refractivity contribution < 1.29 is 0 Å². The van der Waals surface area contributed by atoms with Crippen LogP contribution in [-0.4, -0.2) is 46.3 Å². The van der Waals surface area contributed by atoms with Gasteiger partial charge in [0.2, 0.25) is 0 Å². The van der Waals surface area contributed by atoms with Gasteiger partial charge in [0.15, 0.2) is 11.5 Å². The summed E-state index contributed by atoms with van der Waals surface area (Å²) in [6.45, 7) is 2.13. The smallest absolute Gasteiger partial charge is 0.161 e. The zero-order valence-electron chi connectivity index (χ0n) is 9.85. The van der Waals surface area contributed by atoms with Gasteiger partial charge in [-0.05, 0) is 19.4 Å². The van der Waals surface area contributed by atoms with Gasteiger partial charge in [-0.3, -0.25) is 5.10 Å². The number of likely N-dealkylation sites (N-methyl/N-ethyl adjacent to an activating group) is 1. The Hall–Kier alpha value is -1.69. The van der Waals surface area contributed by atoms with Gasteiger partial charge in [-0.15, -0.1) is 0 Å². The normalized spacial score (nSPS) is 20.6. The highest BCUT2D eigenvalue weighted by Crippen LogP contribution is 2.23. The Labute approximate surface area is 99.4 Å². The van der Waals surface area contributed by atoms with Crippen LogP contribution in [0.25, 0.3) is 11.0 Å². The number of aromatic nitrogens is 4. The van der Waals surface area contributed by atoms with E-state index in [0.717, 1.165) is 29.9 Å². The number of rotatable bonds is 2. The van der Waals surface area contributed by atoms with Crippen LogP contribution in [-0.2, 0) is 0 Å². The molecule has 0 spiro atoms. The second-order valence-corrected chi connectivity index (χ2v) is 4.44. The van der Waals surface area contributed by atoms with Gasteiger partial charge in [0.25, 0.3) is 0 Å². The fraction of sp³-hybridized carbons (Fsp3) is 0.545. The second kappa shape index (κ2) is 4.29. The van der Waals surface area contributed by atoms with Gasteiger partial charge in [0, 0.05) is 25.8 Å². The van der Waals surface area contributed by atoms with Crippen molar-refractivity contribution in [3.8, 4) is 0 Å². The number of hydrogen-bond acceptors (Lipinski definition) is 5. The van der Waals surface area contributed by atoms with Gasteiger partial charge in [-0.25, -0.2) is 9.97 Å². The summed E-state index contributed by atoms with van der Waals surface area (Å²) in [5.74, 6) is 0.939. The van der Waals surface area contributed by atoms with Crippen molar-refractivity contribution in [3.05, 3.63) is 12.5 Å². The van der Waals surface area contributed by atoms with Gasteiger partial charge in [-0.1, -0.05) is 0 Å². The lowest BCUT2D eigenvalue weighted by Gasteiger charge is -2.31. The summed E-state index contributed by atoms with van der Waals surface area (Å²) >= 11 is 0. The van der Waals surface area contributed by atoms with Gasteiger partial charge in [0.1, 0.15) is 6.33 Å². The van der Waals surface area contributed by atoms with E-state index in [0.29, 0.717) is 6.04 Å². The number of anilines is 1. The summed E-state index contributed by atoms with van der Waals surface area (Å²) in [5.41, 5.74) is 0.797. The van der Waals surface area contributed by atoms with Crippen LogP contribution in [0.15, 0.2) is 12.5 Å². The predicted molar refractivity (Wildman–Crippen MR) is 66.0 cm³/mol. The topological polar surface area (TPSA) is 69.7 Å². The molecule has 3 heterocycles. The number of nitrogens with zero attached hydrogens (tertiary/aromatic N) is 4. The van der Waals surface area contributed by atoms with E-state index in [1.165, 1.54) is 19.2 Å². The molecule has 2 aromatic heterocycles. The third-order valence-electron chi connectivity index (χ3n) is 3.37. The first kappa shape index (κ1) is 10.5. The molecule has 1 saturated heterocycles. The molecule has 0 saturated carbocycles. The fourth-order valence-electron chi connectivity index (χ4n) is 2.35. The third-order valence-corrected chi connectivity index (χ3v) is 3.37. The number of H-pyrrole nitrogens is 1. The largest absolute Gasteiger partial charge is 0.353 e. The highest BCUT2D eigenvalue weighted by molar-refractivity contribution is 5.86. The Morgan fingerprint density at radius 3 is 3.24 bits per heavy atom. The van der Waals surface area contributed by atoms with E-state index in [2.05, 4.69) is 37.4 Å². The van der Waals surface area contributed by atoms with Crippen LogP contribution in [0, 0.1) is 0 Å². The molecule has 0 bridgehead atoms. The first-order chi connectivity index (χ1) is 8.36. The van der Waals surface area contributed by atoms with E-state index in [4.69, 9.17) is 0 Å². The number of piperidine rings is 1. The molecule has 6 heteroatoms. The first-order valence-corrected chi connectivity index (χ1v) is 5.94. The molecule has 2 N–H and O–H groups in total. The maximum Gasteiger partial charge on any atom is 0.161 e. The van der Waals surface area contributed by atoms with E-state index >= 15 is 0 Å². The predicted octanol–water partition coefficient (Wildman–Crippen LogP) is 0.541. The Morgan fingerprint density at radius 2 is 2.41 bits per heavy atom. The Kier molecular flexibility index (Phi) is 2.64. The maximum atomic E-state index is 4.34. The molecule has 1 fully saturated rings. The Balaban J connectivity index is 1.92. The summed E-state index contributed by atoms with van der Waals surface area (Å²) in [6, 6.07) is 0.496. The van der Waals surface area contributed by atoms with Crippen LogP contribution in [0.2, 0.25) is 0 Å². The molecule has 1 aliphatic rings. The number of hydrogen-bond donors (Lipinski definition) is 2. The fourth-order valence-corrected chi connectivity index (χ4v) is 2.35. The molecule has 3 rings (SSSR count). The van der Waals surface area contributed by atoms with E-state index in [-0.39, 0.29) is 0 Å². The highest BCUT2D eigenvalue weighted by Gasteiger charge is 2.21. The van der Waals surface area contributed by atoms with Gasteiger partial charge in [-0.2, -0.15) is 5.10 Å². The maximum absolute atomic E-state index is 4.34. The van der Waals surface area contributed by atoms with Crippen molar-refractivity contribution in [2.24, 2.45) is 0 Å². The second-order valence-electron chi connectivity index (χ2n) is 4.44. The van der Waals surface area contributed by atoms with Crippen LogP contribution in [0.1, 0.15) is 12.8 Å². The molecule has 0 aromatic carbocycles.